The fraction of sp³-hybridized carbons (Fsp3) is 1.00. The van der Waals surface area contributed by atoms with Crippen LogP contribution in [0.3, 0.4) is 0 Å². The van der Waals surface area contributed by atoms with Crippen LogP contribution in [0.1, 0.15) is 26.7 Å². The van der Waals surface area contributed by atoms with Gasteiger partial charge >= 0.3 is 0 Å². The Morgan fingerprint density at radius 1 is 1.31 bits per heavy atom. The number of sulfone groups is 1. The predicted molar refractivity (Wildman–Crippen MR) is 54.2 cm³/mol. The van der Waals surface area contributed by atoms with Gasteiger partial charge in [-0.25, -0.2) is 8.42 Å². The van der Waals surface area contributed by atoms with E-state index in [4.69, 9.17) is 5.73 Å². The molecule has 1 fully saturated rings. The SMILES string of the molecule is CC(C)(CN)C1CCS(=O)(=O)CC1. The molecule has 1 aliphatic heterocycles. The molecule has 0 aromatic carbocycles. The molecular formula is C9H19NO2S. The van der Waals surface area contributed by atoms with E-state index in [-0.39, 0.29) is 5.41 Å². The lowest BCUT2D eigenvalue weighted by molar-refractivity contribution is 0.205. The zero-order chi connectivity index (χ0) is 10.1. The molecular weight excluding hydrogens is 186 g/mol. The van der Waals surface area contributed by atoms with Gasteiger partial charge in [-0.1, -0.05) is 13.8 Å². The molecule has 1 heterocycles. The number of hydrogen-bond acceptors (Lipinski definition) is 3. The van der Waals surface area contributed by atoms with E-state index in [1.165, 1.54) is 0 Å². The second-order valence-corrected chi connectivity index (χ2v) is 6.92. The van der Waals surface area contributed by atoms with Crippen LogP contribution >= 0.6 is 0 Å². The maximum atomic E-state index is 11.2. The summed E-state index contributed by atoms with van der Waals surface area (Å²) in [5.74, 6) is 1.17. The maximum absolute atomic E-state index is 11.2. The second kappa shape index (κ2) is 3.58. The highest BCUT2D eigenvalue weighted by Crippen LogP contribution is 2.34. The predicted octanol–water partition coefficient (Wildman–Crippen LogP) is 0.796. The Morgan fingerprint density at radius 3 is 2.15 bits per heavy atom. The first-order valence-electron chi connectivity index (χ1n) is 4.78. The lowest BCUT2D eigenvalue weighted by Crippen LogP contribution is -2.37. The minimum Gasteiger partial charge on any atom is -0.330 e. The third-order valence-corrected chi connectivity index (χ3v) is 4.90. The summed E-state index contributed by atoms with van der Waals surface area (Å²) < 4.78 is 22.4. The summed E-state index contributed by atoms with van der Waals surface area (Å²) in [7, 11) is -2.72. The molecule has 4 heteroatoms. The van der Waals surface area contributed by atoms with Crippen molar-refractivity contribution in [3.05, 3.63) is 0 Å². The normalized spacial score (nSPS) is 24.5. The van der Waals surface area contributed by atoms with Crippen molar-refractivity contribution in [2.75, 3.05) is 18.1 Å². The first kappa shape index (κ1) is 11.0. The molecule has 0 amide bonds. The van der Waals surface area contributed by atoms with Crippen molar-refractivity contribution in [2.45, 2.75) is 26.7 Å². The Balaban J connectivity index is 2.60. The Morgan fingerprint density at radius 2 is 1.77 bits per heavy atom. The van der Waals surface area contributed by atoms with Crippen molar-refractivity contribution in [2.24, 2.45) is 17.1 Å². The van der Waals surface area contributed by atoms with E-state index in [0.29, 0.717) is 24.0 Å². The molecule has 1 saturated heterocycles. The Kier molecular flexibility index (Phi) is 3.02. The molecule has 3 nitrogen and oxygen atoms in total. The highest BCUT2D eigenvalue weighted by Gasteiger charge is 2.33. The van der Waals surface area contributed by atoms with Crippen molar-refractivity contribution >= 4 is 9.84 Å². The van der Waals surface area contributed by atoms with Gasteiger partial charge in [0.2, 0.25) is 0 Å². The highest BCUT2D eigenvalue weighted by atomic mass is 32.2. The lowest BCUT2D eigenvalue weighted by Gasteiger charge is -2.35. The van der Waals surface area contributed by atoms with Gasteiger partial charge in [0.1, 0.15) is 9.84 Å². The smallest absolute Gasteiger partial charge is 0.150 e. The van der Waals surface area contributed by atoms with Crippen LogP contribution in [0, 0.1) is 11.3 Å². The van der Waals surface area contributed by atoms with Crippen molar-refractivity contribution < 1.29 is 8.42 Å². The van der Waals surface area contributed by atoms with Gasteiger partial charge in [0.25, 0.3) is 0 Å². The van der Waals surface area contributed by atoms with Gasteiger partial charge in [0.05, 0.1) is 11.5 Å². The number of rotatable bonds is 2. The van der Waals surface area contributed by atoms with Gasteiger partial charge in [0.15, 0.2) is 0 Å². The quantitative estimate of drug-likeness (QED) is 0.725. The number of nitrogens with two attached hydrogens (primary N) is 1. The van der Waals surface area contributed by atoms with Crippen molar-refractivity contribution in [3.8, 4) is 0 Å². The molecule has 1 aliphatic rings. The molecule has 0 aromatic rings. The van der Waals surface area contributed by atoms with Crippen molar-refractivity contribution in [3.63, 3.8) is 0 Å². The van der Waals surface area contributed by atoms with Crippen LogP contribution in [0.25, 0.3) is 0 Å². The molecule has 1 rings (SSSR count). The zero-order valence-electron chi connectivity index (χ0n) is 8.41. The van der Waals surface area contributed by atoms with E-state index in [1.54, 1.807) is 0 Å². The largest absolute Gasteiger partial charge is 0.330 e. The first-order chi connectivity index (χ1) is 5.87. The average Bonchev–Trinajstić information content (AvgIpc) is 2.04. The summed E-state index contributed by atoms with van der Waals surface area (Å²) in [6, 6.07) is 0. The molecule has 0 spiro atoms. The van der Waals surface area contributed by atoms with Gasteiger partial charge in [0, 0.05) is 0 Å². The van der Waals surface area contributed by atoms with Gasteiger partial charge in [-0.2, -0.15) is 0 Å². The van der Waals surface area contributed by atoms with E-state index in [0.717, 1.165) is 12.8 Å². The molecule has 0 aliphatic carbocycles. The van der Waals surface area contributed by atoms with Gasteiger partial charge in [-0.15, -0.1) is 0 Å². The van der Waals surface area contributed by atoms with Crippen LogP contribution in [0.5, 0.6) is 0 Å². The summed E-state index contributed by atoms with van der Waals surface area (Å²) in [5, 5.41) is 0. The minimum absolute atomic E-state index is 0.0932. The Hall–Kier alpha value is -0.0900. The van der Waals surface area contributed by atoms with Crippen LogP contribution in [-0.4, -0.2) is 26.5 Å². The van der Waals surface area contributed by atoms with E-state index in [2.05, 4.69) is 13.8 Å². The maximum Gasteiger partial charge on any atom is 0.150 e. The fourth-order valence-corrected chi connectivity index (χ4v) is 3.33. The van der Waals surface area contributed by atoms with E-state index in [1.807, 2.05) is 0 Å². The molecule has 2 N–H and O–H groups in total. The molecule has 0 radical (unpaired) electrons. The van der Waals surface area contributed by atoms with Crippen LogP contribution in [0.4, 0.5) is 0 Å². The van der Waals surface area contributed by atoms with Crippen LogP contribution in [0.15, 0.2) is 0 Å². The first-order valence-corrected chi connectivity index (χ1v) is 6.60. The molecule has 0 aromatic heterocycles. The van der Waals surface area contributed by atoms with Gasteiger partial charge in [-0.3, -0.25) is 0 Å². The third kappa shape index (κ3) is 2.68. The highest BCUT2D eigenvalue weighted by molar-refractivity contribution is 7.91. The van der Waals surface area contributed by atoms with E-state index >= 15 is 0 Å². The zero-order valence-corrected chi connectivity index (χ0v) is 9.23. The molecule has 0 bridgehead atoms. The Labute approximate surface area is 80.6 Å². The molecule has 0 atom stereocenters. The van der Waals surface area contributed by atoms with E-state index < -0.39 is 9.84 Å². The molecule has 0 unspecified atom stereocenters. The lowest BCUT2D eigenvalue weighted by atomic mass is 9.76. The van der Waals surface area contributed by atoms with Gasteiger partial charge in [-0.05, 0) is 30.7 Å². The topological polar surface area (TPSA) is 60.2 Å². The minimum atomic E-state index is -2.72. The summed E-state index contributed by atoms with van der Waals surface area (Å²) in [4.78, 5) is 0. The summed E-state index contributed by atoms with van der Waals surface area (Å²) in [6.45, 7) is 4.88. The summed E-state index contributed by atoms with van der Waals surface area (Å²) in [6.07, 6.45) is 1.57. The van der Waals surface area contributed by atoms with Gasteiger partial charge < -0.3 is 5.73 Å². The molecule has 0 saturated carbocycles. The van der Waals surface area contributed by atoms with Crippen LogP contribution in [-0.2, 0) is 9.84 Å². The Bertz CT molecular complexity index is 255. The number of hydrogen-bond donors (Lipinski definition) is 1. The summed E-state index contributed by atoms with van der Waals surface area (Å²) in [5.41, 5.74) is 5.75. The monoisotopic (exact) mass is 205 g/mol. The van der Waals surface area contributed by atoms with Crippen LogP contribution < -0.4 is 5.73 Å². The van der Waals surface area contributed by atoms with Crippen LogP contribution in [0.2, 0.25) is 0 Å². The van der Waals surface area contributed by atoms with E-state index in [9.17, 15) is 8.42 Å². The molecule has 13 heavy (non-hydrogen) atoms. The fourth-order valence-electron chi connectivity index (χ4n) is 1.84. The van der Waals surface area contributed by atoms with Crippen molar-refractivity contribution in [1.29, 1.82) is 0 Å². The average molecular weight is 205 g/mol. The van der Waals surface area contributed by atoms with Crippen molar-refractivity contribution in [1.82, 2.24) is 0 Å². The second-order valence-electron chi connectivity index (χ2n) is 4.62. The third-order valence-electron chi connectivity index (χ3n) is 3.19. The summed E-state index contributed by atoms with van der Waals surface area (Å²) >= 11 is 0. The molecule has 78 valence electrons. The standard InChI is InChI=1S/C9H19NO2S/c1-9(2,7-10)8-3-5-13(11,12)6-4-8/h8H,3-7,10H2,1-2H3.